The Morgan fingerprint density at radius 2 is 1.20 bits per heavy atom. The molecule has 0 atom stereocenters. The molecular formula is H9GaLaMgOSr. The predicted octanol–water partition coefficient (Wildman–Crippen LogP) is -2.32. The average Bonchev–Trinajstić information content (AvgIpc) is 0. The van der Waals surface area contributed by atoms with Crippen LogP contribution >= 0.6 is 0 Å². The molecule has 1 nitrogen and oxygen atoms in total. The van der Waals surface area contributed by atoms with Crippen LogP contribution in [0.15, 0.2) is 0 Å². The van der Waals surface area contributed by atoms with Gasteiger partial charge >= 0.3 is 88.3 Å². The van der Waals surface area contributed by atoms with E-state index in [4.69, 9.17) is 0 Å². The summed E-state index contributed by atoms with van der Waals surface area (Å²) in [4.78, 5) is 0. The summed E-state index contributed by atoms with van der Waals surface area (Å²) in [5, 5.41) is 0. The van der Waals surface area contributed by atoms with Crippen molar-refractivity contribution in [3.05, 3.63) is 0 Å². The summed E-state index contributed by atoms with van der Waals surface area (Å²) in [7, 11) is 0. The van der Waals surface area contributed by atoms with E-state index in [-0.39, 0.29) is 135 Å². The van der Waals surface area contributed by atoms with E-state index in [0.717, 1.165) is 0 Å². The van der Waals surface area contributed by atoms with Gasteiger partial charge in [0.05, 0.1) is 0 Å². The number of hydrogen-bond donors (Lipinski definition) is 0. The summed E-state index contributed by atoms with van der Waals surface area (Å²) in [5.41, 5.74) is 0. The maximum atomic E-state index is 0. The van der Waals surface area contributed by atoms with Crippen LogP contribution in [-0.4, -0.2) is 93.8 Å². The third-order valence-electron chi connectivity index (χ3n) is 0. The summed E-state index contributed by atoms with van der Waals surface area (Å²) in [5.74, 6) is 0. The van der Waals surface area contributed by atoms with Crippen LogP contribution in [0.1, 0.15) is 5.71 Å². The standard InChI is InChI=1S/Ga.La.Mg.H2O.Sr.7H/h;;;1H2;;;;;;;;/q;;+2;;+2;;;;4*-1. The van der Waals surface area contributed by atoms with Crippen molar-refractivity contribution < 1.29 is 46.8 Å². The molecule has 0 aromatic heterocycles. The van der Waals surface area contributed by atoms with Crippen LogP contribution in [0.3, 0.4) is 0 Å². The second-order valence-corrected chi connectivity index (χ2v) is 0. The third-order valence-corrected chi connectivity index (χ3v) is 0. The molecule has 0 amide bonds. The van der Waals surface area contributed by atoms with Crippen molar-refractivity contribution >= 4 is 88.3 Å². The first-order valence-corrected chi connectivity index (χ1v) is 0. The normalized spacial score (nSPS) is 0. The minimum atomic E-state index is 0. The first-order chi connectivity index (χ1) is 0. The van der Waals surface area contributed by atoms with Gasteiger partial charge in [0.1, 0.15) is 0 Å². The van der Waals surface area contributed by atoms with Crippen LogP contribution in [0.25, 0.3) is 0 Å². The van der Waals surface area contributed by atoms with Gasteiger partial charge in [0.25, 0.3) is 0 Å². The molecule has 0 aromatic rings. The Kier molecular flexibility index (Phi) is 175. The molecule has 0 rings (SSSR count). The minimum Gasteiger partial charge on any atom is -1.00 e. The molecular weight excluding hydrogens is 337 g/mol. The molecule has 0 heterocycles. The molecule has 2 N–H and O–H groups in total. The predicted molar refractivity (Wildman–Crippen MR) is 29.5 cm³/mol. The van der Waals surface area contributed by atoms with E-state index in [2.05, 4.69) is 0 Å². The smallest absolute Gasteiger partial charge is 1.00 e. The molecule has 0 spiro atoms. The molecule has 5 heteroatoms. The molecule has 25 valence electrons. The maximum absolute atomic E-state index is 0. The average molecular weight is 346 g/mol. The number of hydrogen-bond acceptors (Lipinski definition) is 0. The van der Waals surface area contributed by atoms with Crippen molar-refractivity contribution in [2.75, 3.05) is 0 Å². The van der Waals surface area contributed by atoms with Crippen molar-refractivity contribution in [2.45, 2.75) is 0 Å². The van der Waals surface area contributed by atoms with Crippen molar-refractivity contribution in [3.8, 4) is 0 Å². The summed E-state index contributed by atoms with van der Waals surface area (Å²) in [6.45, 7) is 0. The van der Waals surface area contributed by atoms with Crippen molar-refractivity contribution in [3.63, 3.8) is 0 Å². The van der Waals surface area contributed by atoms with E-state index in [0.29, 0.717) is 0 Å². The van der Waals surface area contributed by atoms with Crippen LogP contribution in [0.5, 0.6) is 0 Å². The monoisotopic (exact) mass is 345 g/mol. The Bertz CT molecular complexity index is 20.5. The molecule has 0 aliphatic carbocycles. The van der Waals surface area contributed by atoms with E-state index in [1.165, 1.54) is 0 Å². The Morgan fingerprint density at radius 3 is 1.20 bits per heavy atom. The van der Waals surface area contributed by atoms with E-state index in [1.807, 2.05) is 0 Å². The van der Waals surface area contributed by atoms with Gasteiger partial charge in [0, 0.05) is 35.6 Å². The van der Waals surface area contributed by atoms with Gasteiger partial charge in [-0.3, -0.25) is 0 Å². The molecule has 0 fully saturated rings. The minimum absolute atomic E-state index is 0. The SMILES string of the molecule is O.[GaH3].[H-].[H-].[H-].[H-].[La].[Mg+2].[Sr+2]. The summed E-state index contributed by atoms with van der Waals surface area (Å²) in [6, 6.07) is 0. The fourth-order valence-corrected chi connectivity index (χ4v) is 0. The van der Waals surface area contributed by atoms with Crippen LogP contribution in [0.2, 0.25) is 0 Å². The summed E-state index contributed by atoms with van der Waals surface area (Å²) >= 11 is 0. The van der Waals surface area contributed by atoms with Crippen molar-refractivity contribution in [2.24, 2.45) is 0 Å². The van der Waals surface area contributed by atoms with E-state index in [9.17, 15) is 0 Å². The second-order valence-electron chi connectivity index (χ2n) is 0. The first-order valence-electron chi connectivity index (χ1n) is 0. The molecule has 0 aliphatic rings. The van der Waals surface area contributed by atoms with Gasteiger partial charge < -0.3 is 11.2 Å². The van der Waals surface area contributed by atoms with Gasteiger partial charge in [0.2, 0.25) is 0 Å². The Hall–Kier alpha value is 4.04. The van der Waals surface area contributed by atoms with Crippen LogP contribution in [0.4, 0.5) is 0 Å². The van der Waals surface area contributed by atoms with E-state index >= 15 is 0 Å². The third kappa shape index (κ3) is 18.0. The zero-order valence-corrected chi connectivity index (χ0v) is 11.0. The maximum Gasteiger partial charge on any atom is 2.00 e. The molecule has 0 saturated heterocycles. The Labute approximate surface area is 132 Å². The van der Waals surface area contributed by atoms with Gasteiger partial charge in [-0.15, -0.1) is 0 Å². The quantitative estimate of drug-likeness (QED) is 0.442. The van der Waals surface area contributed by atoms with Crippen molar-refractivity contribution in [1.82, 2.24) is 0 Å². The molecule has 0 aliphatic heterocycles. The Balaban J connectivity index is 0. The molecule has 0 unspecified atom stereocenters. The zero-order valence-electron chi connectivity index (χ0n) is 6.49. The van der Waals surface area contributed by atoms with Crippen LogP contribution in [-0.2, 0) is 0 Å². The number of rotatable bonds is 0. The first kappa shape index (κ1) is 35.8. The molecule has 5 heavy (non-hydrogen) atoms. The Morgan fingerprint density at radius 1 is 1.20 bits per heavy atom. The fraction of sp³-hybridized carbons (Fsp3) is 0. The molecule has 0 saturated carbocycles. The van der Waals surface area contributed by atoms with Gasteiger partial charge in [-0.1, -0.05) is 0 Å². The zero-order chi connectivity index (χ0) is 0. The topological polar surface area (TPSA) is 31.5 Å². The summed E-state index contributed by atoms with van der Waals surface area (Å²) < 4.78 is 0. The van der Waals surface area contributed by atoms with Gasteiger partial charge in [-0.25, -0.2) is 0 Å². The fourth-order valence-electron chi connectivity index (χ4n) is 0. The van der Waals surface area contributed by atoms with Crippen LogP contribution < -0.4 is 0 Å². The van der Waals surface area contributed by atoms with Gasteiger partial charge in [-0.05, 0) is 0 Å². The second kappa shape index (κ2) is 24.4. The molecule has 1 radical (unpaired) electrons. The van der Waals surface area contributed by atoms with E-state index < -0.39 is 0 Å². The van der Waals surface area contributed by atoms with Gasteiger partial charge in [0.15, 0.2) is 0 Å². The molecule has 0 bridgehead atoms. The summed E-state index contributed by atoms with van der Waals surface area (Å²) in [6.07, 6.45) is 0. The molecule has 0 aromatic carbocycles. The van der Waals surface area contributed by atoms with Crippen LogP contribution in [0, 0.1) is 35.6 Å². The van der Waals surface area contributed by atoms with E-state index in [1.54, 1.807) is 0 Å². The van der Waals surface area contributed by atoms with Crippen molar-refractivity contribution in [1.29, 1.82) is 0 Å². The van der Waals surface area contributed by atoms with Gasteiger partial charge in [-0.2, -0.15) is 0 Å². The largest absolute Gasteiger partial charge is 2.00 e.